The molecule has 0 aliphatic carbocycles. The summed E-state index contributed by atoms with van der Waals surface area (Å²) in [5, 5.41) is 0. The van der Waals surface area contributed by atoms with Gasteiger partial charge in [0.25, 0.3) is 0 Å². The highest BCUT2D eigenvalue weighted by atomic mass is 16.5. The van der Waals surface area contributed by atoms with Crippen molar-refractivity contribution < 1.29 is 4.74 Å². The van der Waals surface area contributed by atoms with Crippen LogP contribution in [0.3, 0.4) is 0 Å². The van der Waals surface area contributed by atoms with Gasteiger partial charge in [0.1, 0.15) is 0 Å². The summed E-state index contributed by atoms with van der Waals surface area (Å²) in [5.41, 5.74) is 1.28. The lowest BCUT2D eigenvalue weighted by atomic mass is 10.0. The van der Waals surface area contributed by atoms with Gasteiger partial charge in [0.05, 0.1) is 12.7 Å². The molecule has 0 N–H and O–H groups in total. The quantitative estimate of drug-likeness (QED) is 0.414. The molecule has 1 heteroatoms. The molecule has 0 spiro atoms. The van der Waals surface area contributed by atoms with E-state index >= 15 is 0 Å². The average Bonchev–Trinajstić information content (AvgIpc) is 2.53. The Hall–Kier alpha value is -0.300. The summed E-state index contributed by atoms with van der Waals surface area (Å²) in [7, 11) is 0. The van der Waals surface area contributed by atoms with E-state index < -0.39 is 0 Å². The Morgan fingerprint density at radius 1 is 1.12 bits per heavy atom. The predicted molar refractivity (Wildman–Crippen MR) is 75.3 cm³/mol. The van der Waals surface area contributed by atoms with Crippen LogP contribution in [0.25, 0.3) is 0 Å². The van der Waals surface area contributed by atoms with Gasteiger partial charge in [-0.3, -0.25) is 0 Å². The first kappa shape index (κ1) is 14.8. The summed E-state index contributed by atoms with van der Waals surface area (Å²) in [6, 6.07) is 0. The molecule has 1 rings (SSSR count). The van der Waals surface area contributed by atoms with Gasteiger partial charge in [-0.1, -0.05) is 64.0 Å². The van der Waals surface area contributed by atoms with E-state index in [2.05, 4.69) is 13.5 Å². The van der Waals surface area contributed by atoms with Crippen LogP contribution in [-0.2, 0) is 4.74 Å². The SMILES string of the molecule is C=C1CCCC(CCCCCCCCC)OC1. The summed E-state index contributed by atoms with van der Waals surface area (Å²) in [6.07, 6.45) is 15.3. The molecule has 0 aromatic carbocycles. The van der Waals surface area contributed by atoms with E-state index in [1.807, 2.05) is 0 Å². The third-order valence-electron chi connectivity index (χ3n) is 3.71. The highest BCUT2D eigenvalue weighted by Crippen LogP contribution is 2.20. The van der Waals surface area contributed by atoms with E-state index in [-0.39, 0.29) is 0 Å². The van der Waals surface area contributed by atoms with Crippen molar-refractivity contribution in [3.8, 4) is 0 Å². The Bertz CT molecular complexity index is 198. The Balaban J connectivity index is 1.93. The zero-order valence-electron chi connectivity index (χ0n) is 11.7. The maximum Gasteiger partial charge on any atom is 0.0677 e. The van der Waals surface area contributed by atoms with Crippen molar-refractivity contribution in [2.75, 3.05) is 6.61 Å². The molecule has 1 aliphatic heterocycles. The van der Waals surface area contributed by atoms with Gasteiger partial charge in [-0.2, -0.15) is 0 Å². The van der Waals surface area contributed by atoms with Crippen molar-refractivity contribution in [1.82, 2.24) is 0 Å². The monoisotopic (exact) mass is 238 g/mol. The van der Waals surface area contributed by atoms with Crippen molar-refractivity contribution >= 4 is 0 Å². The van der Waals surface area contributed by atoms with Gasteiger partial charge in [0, 0.05) is 0 Å². The molecular weight excluding hydrogens is 208 g/mol. The predicted octanol–water partition coefficient (Wildman–Crippen LogP) is 5.25. The highest BCUT2D eigenvalue weighted by molar-refractivity contribution is 4.95. The van der Waals surface area contributed by atoms with Crippen LogP contribution in [0.5, 0.6) is 0 Å². The van der Waals surface area contributed by atoms with Gasteiger partial charge in [0.15, 0.2) is 0 Å². The first-order valence-corrected chi connectivity index (χ1v) is 7.61. The lowest BCUT2D eigenvalue weighted by Gasteiger charge is -2.14. The minimum absolute atomic E-state index is 0.518. The number of hydrogen-bond donors (Lipinski definition) is 0. The van der Waals surface area contributed by atoms with E-state index in [1.54, 1.807) is 0 Å². The molecule has 0 bridgehead atoms. The van der Waals surface area contributed by atoms with Gasteiger partial charge < -0.3 is 4.74 Å². The molecule has 0 aromatic heterocycles. The molecule has 1 atom stereocenters. The number of hydrogen-bond acceptors (Lipinski definition) is 1. The molecule has 1 nitrogen and oxygen atoms in total. The maximum atomic E-state index is 5.86. The fourth-order valence-corrected chi connectivity index (χ4v) is 2.53. The number of ether oxygens (including phenoxy) is 1. The van der Waals surface area contributed by atoms with E-state index in [1.165, 1.54) is 76.2 Å². The van der Waals surface area contributed by atoms with Crippen molar-refractivity contribution in [2.24, 2.45) is 0 Å². The van der Waals surface area contributed by atoms with Crippen LogP contribution < -0.4 is 0 Å². The molecule has 1 aliphatic rings. The molecule has 1 unspecified atom stereocenters. The van der Waals surface area contributed by atoms with Crippen molar-refractivity contribution in [2.45, 2.75) is 83.7 Å². The minimum atomic E-state index is 0.518. The minimum Gasteiger partial charge on any atom is -0.374 e. The summed E-state index contributed by atoms with van der Waals surface area (Å²) >= 11 is 0. The van der Waals surface area contributed by atoms with Gasteiger partial charge in [-0.05, 0) is 25.7 Å². The van der Waals surface area contributed by atoms with Gasteiger partial charge in [0.2, 0.25) is 0 Å². The average molecular weight is 238 g/mol. The molecule has 1 saturated heterocycles. The molecule has 0 saturated carbocycles. The fraction of sp³-hybridized carbons (Fsp3) is 0.875. The van der Waals surface area contributed by atoms with Crippen LogP contribution in [0.2, 0.25) is 0 Å². The third kappa shape index (κ3) is 7.59. The van der Waals surface area contributed by atoms with Crippen LogP contribution in [0, 0.1) is 0 Å². The second kappa shape index (κ2) is 9.70. The van der Waals surface area contributed by atoms with Crippen LogP contribution >= 0.6 is 0 Å². The second-order valence-corrected chi connectivity index (χ2v) is 5.49. The largest absolute Gasteiger partial charge is 0.374 e. The second-order valence-electron chi connectivity index (χ2n) is 5.49. The van der Waals surface area contributed by atoms with Crippen molar-refractivity contribution in [3.63, 3.8) is 0 Å². The molecule has 1 fully saturated rings. The lowest BCUT2D eigenvalue weighted by molar-refractivity contribution is 0.0631. The molecular formula is C16H30O. The number of rotatable bonds is 8. The lowest BCUT2D eigenvalue weighted by Crippen LogP contribution is -2.11. The van der Waals surface area contributed by atoms with Crippen molar-refractivity contribution in [3.05, 3.63) is 12.2 Å². The molecule has 0 amide bonds. The van der Waals surface area contributed by atoms with E-state index in [0.717, 1.165) is 6.61 Å². The van der Waals surface area contributed by atoms with E-state index in [0.29, 0.717) is 6.10 Å². The third-order valence-corrected chi connectivity index (χ3v) is 3.71. The molecule has 17 heavy (non-hydrogen) atoms. The van der Waals surface area contributed by atoms with Crippen LogP contribution in [-0.4, -0.2) is 12.7 Å². The van der Waals surface area contributed by atoms with Crippen LogP contribution in [0.4, 0.5) is 0 Å². The normalized spacial score (nSPS) is 21.5. The zero-order chi connectivity index (χ0) is 12.3. The molecule has 0 aromatic rings. The molecule has 100 valence electrons. The first-order chi connectivity index (χ1) is 8.33. The standard InChI is InChI=1S/C16H30O/c1-3-4-5-6-7-8-9-12-16-13-10-11-15(2)14-17-16/h16H,2-14H2,1H3. The Kier molecular flexibility index (Phi) is 8.42. The number of unbranched alkanes of at least 4 members (excludes halogenated alkanes) is 6. The van der Waals surface area contributed by atoms with E-state index in [9.17, 15) is 0 Å². The molecule has 0 radical (unpaired) electrons. The molecule has 1 heterocycles. The smallest absolute Gasteiger partial charge is 0.0677 e. The summed E-state index contributed by atoms with van der Waals surface area (Å²) in [4.78, 5) is 0. The summed E-state index contributed by atoms with van der Waals surface area (Å²) in [5.74, 6) is 0. The van der Waals surface area contributed by atoms with Crippen LogP contribution in [0.15, 0.2) is 12.2 Å². The Morgan fingerprint density at radius 2 is 1.82 bits per heavy atom. The van der Waals surface area contributed by atoms with Gasteiger partial charge in [-0.15, -0.1) is 0 Å². The zero-order valence-corrected chi connectivity index (χ0v) is 11.7. The summed E-state index contributed by atoms with van der Waals surface area (Å²) in [6.45, 7) is 7.10. The van der Waals surface area contributed by atoms with E-state index in [4.69, 9.17) is 4.74 Å². The van der Waals surface area contributed by atoms with Crippen molar-refractivity contribution in [1.29, 1.82) is 0 Å². The Morgan fingerprint density at radius 3 is 2.59 bits per heavy atom. The Labute approximate surface area is 108 Å². The first-order valence-electron chi connectivity index (χ1n) is 7.61. The summed E-state index contributed by atoms with van der Waals surface area (Å²) < 4.78 is 5.86. The topological polar surface area (TPSA) is 9.23 Å². The van der Waals surface area contributed by atoms with Gasteiger partial charge >= 0.3 is 0 Å². The maximum absolute atomic E-state index is 5.86. The van der Waals surface area contributed by atoms with Crippen LogP contribution in [0.1, 0.15) is 77.6 Å². The van der Waals surface area contributed by atoms with Gasteiger partial charge in [-0.25, -0.2) is 0 Å². The fourth-order valence-electron chi connectivity index (χ4n) is 2.53. The highest BCUT2D eigenvalue weighted by Gasteiger charge is 2.13.